The highest BCUT2D eigenvalue weighted by Gasteiger charge is 2.34. The molecular weight excluding hydrogens is 420 g/mol. The molecule has 1 fully saturated rings. The number of carbonyl (C=O) groups excluding carboxylic acids is 2. The number of carboxylic acid groups (broad SMARTS) is 1. The van der Waals surface area contributed by atoms with E-state index in [9.17, 15) is 19.5 Å². The number of benzene rings is 2. The van der Waals surface area contributed by atoms with E-state index in [2.05, 4.69) is 34.9 Å². The molecule has 2 amide bonds. The lowest BCUT2D eigenvalue weighted by Crippen LogP contribution is -2.43. The molecule has 0 aromatic heterocycles. The highest BCUT2D eigenvalue weighted by atomic mass is 16.5. The Hall–Kier alpha value is -3.35. The van der Waals surface area contributed by atoms with Crippen molar-refractivity contribution < 1.29 is 24.2 Å². The molecule has 2 aromatic carbocycles. The fraction of sp³-hybridized carbons (Fsp3) is 0.423. The van der Waals surface area contributed by atoms with E-state index in [1.807, 2.05) is 31.2 Å². The van der Waals surface area contributed by atoms with E-state index in [1.165, 1.54) is 11.1 Å². The van der Waals surface area contributed by atoms with Crippen molar-refractivity contribution in [2.24, 2.45) is 5.92 Å². The molecule has 174 valence electrons. The molecule has 7 nitrogen and oxygen atoms in total. The van der Waals surface area contributed by atoms with Crippen LogP contribution in [-0.2, 0) is 14.3 Å². The zero-order chi connectivity index (χ0) is 23.4. The third-order valence-electron chi connectivity index (χ3n) is 6.66. The van der Waals surface area contributed by atoms with Gasteiger partial charge in [-0.3, -0.25) is 4.79 Å². The van der Waals surface area contributed by atoms with Gasteiger partial charge in [-0.05, 0) is 47.9 Å². The maximum absolute atomic E-state index is 12.5. The topological polar surface area (TPSA) is 105 Å². The fourth-order valence-corrected chi connectivity index (χ4v) is 4.99. The fourth-order valence-electron chi connectivity index (χ4n) is 4.99. The van der Waals surface area contributed by atoms with E-state index in [4.69, 9.17) is 4.74 Å². The first kappa shape index (κ1) is 22.8. The summed E-state index contributed by atoms with van der Waals surface area (Å²) in [4.78, 5) is 36.3. The molecule has 2 aromatic rings. The van der Waals surface area contributed by atoms with Gasteiger partial charge >= 0.3 is 12.1 Å². The van der Waals surface area contributed by atoms with Gasteiger partial charge in [0.2, 0.25) is 5.91 Å². The standard InChI is InChI=1S/C26H30N2O5/c1-2-7-23(25(30)31)28-24(29)16-12-13-17(14-16)27-26(32)33-15-22-20-10-5-3-8-18(20)19-9-4-6-11-21(19)22/h3-6,8-11,16-17,22-23H,2,7,12-15H2,1H3,(H,27,32)(H,28,29)(H,30,31)/t16-,17+,23-/m0/s1. The van der Waals surface area contributed by atoms with Crippen LogP contribution in [-0.4, -0.2) is 41.8 Å². The minimum absolute atomic E-state index is 0.00299. The quantitative estimate of drug-likeness (QED) is 0.563. The summed E-state index contributed by atoms with van der Waals surface area (Å²) in [7, 11) is 0. The van der Waals surface area contributed by atoms with Crippen LogP contribution in [0, 0.1) is 5.92 Å². The number of aliphatic carboxylic acids is 1. The first-order chi connectivity index (χ1) is 16.0. The van der Waals surface area contributed by atoms with Crippen molar-refractivity contribution in [3.63, 3.8) is 0 Å². The van der Waals surface area contributed by atoms with Gasteiger partial charge in [0.25, 0.3) is 0 Å². The molecule has 2 aliphatic rings. The number of hydrogen-bond donors (Lipinski definition) is 3. The Balaban J connectivity index is 1.29. The minimum Gasteiger partial charge on any atom is -0.480 e. The Morgan fingerprint density at radius 2 is 1.67 bits per heavy atom. The third-order valence-corrected chi connectivity index (χ3v) is 6.66. The van der Waals surface area contributed by atoms with Crippen LogP contribution in [0.15, 0.2) is 48.5 Å². The summed E-state index contributed by atoms with van der Waals surface area (Å²) >= 11 is 0. The van der Waals surface area contributed by atoms with Gasteiger partial charge in [-0.25, -0.2) is 9.59 Å². The number of ether oxygens (including phenoxy) is 1. The zero-order valence-corrected chi connectivity index (χ0v) is 18.8. The van der Waals surface area contributed by atoms with E-state index in [-0.39, 0.29) is 30.4 Å². The van der Waals surface area contributed by atoms with Gasteiger partial charge in [0.1, 0.15) is 12.6 Å². The van der Waals surface area contributed by atoms with Crippen LogP contribution < -0.4 is 10.6 Å². The van der Waals surface area contributed by atoms with Crippen molar-refractivity contribution in [3.8, 4) is 11.1 Å². The maximum Gasteiger partial charge on any atom is 0.407 e. The summed E-state index contributed by atoms with van der Waals surface area (Å²) < 4.78 is 5.60. The number of carboxylic acids is 1. The summed E-state index contributed by atoms with van der Waals surface area (Å²) in [6.45, 7) is 2.12. The average Bonchev–Trinajstić information content (AvgIpc) is 3.40. The van der Waals surface area contributed by atoms with Crippen molar-refractivity contribution in [2.45, 2.75) is 57.0 Å². The lowest BCUT2D eigenvalue weighted by Gasteiger charge is -2.18. The van der Waals surface area contributed by atoms with Gasteiger partial charge < -0.3 is 20.5 Å². The van der Waals surface area contributed by atoms with E-state index in [1.54, 1.807) is 0 Å². The maximum atomic E-state index is 12.5. The van der Waals surface area contributed by atoms with E-state index >= 15 is 0 Å². The Morgan fingerprint density at radius 1 is 1.03 bits per heavy atom. The molecule has 0 aliphatic heterocycles. The predicted octanol–water partition coefficient (Wildman–Crippen LogP) is 4.06. The van der Waals surface area contributed by atoms with E-state index < -0.39 is 18.1 Å². The largest absolute Gasteiger partial charge is 0.480 e. The second-order valence-electron chi connectivity index (χ2n) is 8.86. The molecule has 7 heteroatoms. The number of alkyl carbamates (subject to hydrolysis) is 1. The molecule has 0 saturated heterocycles. The first-order valence-corrected chi connectivity index (χ1v) is 11.6. The Bertz CT molecular complexity index is 991. The molecule has 0 radical (unpaired) electrons. The molecule has 1 saturated carbocycles. The molecule has 3 N–H and O–H groups in total. The smallest absolute Gasteiger partial charge is 0.407 e. The molecule has 4 rings (SSSR count). The number of nitrogens with one attached hydrogen (secondary N) is 2. The van der Waals surface area contributed by atoms with Crippen molar-refractivity contribution in [2.75, 3.05) is 6.61 Å². The van der Waals surface area contributed by atoms with E-state index in [0.717, 1.165) is 11.1 Å². The van der Waals surface area contributed by atoms with Crippen LogP contribution in [0.1, 0.15) is 56.1 Å². The van der Waals surface area contributed by atoms with Crippen LogP contribution >= 0.6 is 0 Å². The van der Waals surface area contributed by atoms with Crippen LogP contribution in [0.4, 0.5) is 4.79 Å². The predicted molar refractivity (Wildman–Crippen MR) is 124 cm³/mol. The minimum atomic E-state index is -1.02. The summed E-state index contributed by atoms with van der Waals surface area (Å²) in [5.74, 6) is -1.58. The van der Waals surface area contributed by atoms with E-state index in [0.29, 0.717) is 32.1 Å². The Morgan fingerprint density at radius 3 is 2.27 bits per heavy atom. The number of fused-ring (bicyclic) bond motifs is 3. The number of carbonyl (C=O) groups is 3. The average molecular weight is 451 g/mol. The van der Waals surface area contributed by atoms with Crippen LogP contribution in [0.25, 0.3) is 11.1 Å². The SMILES string of the molecule is CCC[C@H](NC(=O)[C@H]1CC[C@@H](NC(=O)OCC2c3ccccc3-c3ccccc32)C1)C(=O)O. The molecule has 33 heavy (non-hydrogen) atoms. The summed E-state index contributed by atoms with van der Waals surface area (Å²) in [5.41, 5.74) is 4.66. The number of amides is 2. The molecule has 3 atom stereocenters. The Kier molecular flexibility index (Phi) is 6.96. The van der Waals surface area contributed by atoms with Crippen molar-refractivity contribution in [1.82, 2.24) is 10.6 Å². The van der Waals surface area contributed by atoms with Crippen molar-refractivity contribution in [3.05, 3.63) is 59.7 Å². The number of hydrogen-bond acceptors (Lipinski definition) is 4. The highest BCUT2D eigenvalue weighted by Crippen LogP contribution is 2.44. The van der Waals surface area contributed by atoms with Crippen LogP contribution in [0.5, 0.6) is 0 Å². The first-order valence-electron chi connectivity index (χ1n) is 11.6. The van der Waals surface area contributed by atoms with Gasteiger partial charge in [-0.2, -0.15) is 0 Å². The molecular formula is C26H30N2O5. The second kappa shape index (κ2) is 10.1. The summed E-state index contributed by atoms with van der Waals surface area (Å²) in [5, 5.41) is 14.8. The van der Waals surface area contributed by atoms with Crippen molar-refractivity contribution in [1.29, 1.82) is 0 Å². The van der Waals surface area contributed by atoms with Crippen LogP contribution in [0.3, 0.4) is 0 Å². The van der Waals surface area contributed by atoms with Gasteiger partial charge in [0, 0.05) is 17.9 Å². The molecule has 0 bridgehead atoms. The number of rotatable bonds is 8. The second-order valence-corrected chi connectivity index (χ2v) is 8.86. The molecule has 0 unspecified atom stereocenters. The lowest BCUT2D eigenvalue weighted by atomic mass is 9.98. The van der Waals surface area contributed by atoms with Crippen LogP contribution in [0.2, 0.25) is 0 Å². The lowest BCUT2D eigenvalue weighted by molar-refractivity contribution is -0.142. The Labute approximate surface area is 193 Å². The van der Waals surface area contributed by atoms with Gasteiger partial charge in [-0.15, -0.1) is 0 Å². The van der Waals surface area contributed by atoms with Gasteiger partial charge in [0.15, 0.2) is 0 Å². The molecule has 0 heterocycles. The van der Waals surface area contributed by atoms with Gasteiger partial charge in [0.05, 0.1) is 0 Å². The normalized spacial score (nSPS) is 19.9. The molecule has 0 spiro atoms. The zero-order valence-electron chi connectivity index (χ0n) is 18.8. The van der Waals surface area contributed by atoms with Crippen molar-refractivity contribution >= 4 is 18.0 Å². The van der Waals surface area contributed by atoms with Gasteiger partial charge in [-0.1, -0.05) is 61.9 Å². The summed E-state index contributed by atoms with van der Waals surface area (Å²) in [6.07, 6.45) is 2.33. The highest BCUT2D eigenvalue weighted by molar-refractivity contribution is 5.85. The third kappa shape index (κ3) is 5.02. The monoisotopic (exact) mass is 450 g/mol. The molecule has 2 aliphatic carbocycles. The summed E-state index contributed by atoms with van der Waals surface area (Å²) in [6, 6.07) is 15.3.